The Morgan fingerprint density at radius 3 is 2.71 bits per heavy atom. The Morgan fingerprint density at radius 2 is 2.07 bits per heavy atom. The van der Waals surface area contributed by atoms with E-state index < -0.39 is 0 Å². The van der Waals surface area contributed by atoms with Crippen LogP contribution in [0.5, 0.6) is 0 Å². The summed E-state index contributed by atoms with van der Waals surface area (Å²) in [5.74, 6) is 0.355. The highest BCUT2D eigenvalue weighted by atomic mass is 15.1. The van der Waals surface area contributed by atoms with E-state index in [4.69, 9.17) is 16.3 Å². The van der Waals surface area contributed by atoms with Gasteiger partial charge in [-0.3, -0.25) is 4.40 Å². The summed E-state index contributed by atoms with van der Waals surface area (Å²) in [4.78, 5) is 3.96. The van der Waals surface area contributed by atoms with Gasteiger partial charge in [0.15, 0.2) is 5.65 Å². The van der Waals surface area contributed by atoms with Gasteiger partial charge in [0.2, 0.25) is 0 Å². The van der Waals surface area contributed by atoms with Crippen LogP contribution in [0, 0.1) is 22.7 Å². The number of imidazole rings is 1. The van der Waals surface area contributed by atoms with Gasteiger partial charge >= 0.3 is 0 Å². The number of pyridine rings is 1. The molecule has 2 rings (SSSR count). The molecule has 5 nitrogen and oxygen atoms in total. The van der Waals surface area contributed by atoms with Crippen LogP contribution in [0.2, 0.25) is 0 Å². The fraction of sp³-hybridized carbons (Fsp3) is 0. The standard InChI is InChI=1S/C9H5N5/c10-3-6-1-2-7(4-11)14-8(12)5-13-9(6)14/h1-2,5H,12H2. The quantitative estimate of drug-likeness (QED) is 0.649. The number of aromatic nitrogens is 2. The van der Waals surface area contributed by atoms with Crippen molar-refractivity contribution in [3.8, 4) is 12.1 Å². The molecule has 66 valence electrons. The van der Waals surface area contributed by atoms with E-state index in [1.165, 1.54) is 10.6 Å². The number of hydrogen-bond donors (Lipinski definition) is 1. The fourth-order valence-electron chi connectivity index (χ4n) is 1.29. The molecule has 0 aliphatic rings. The third-order valence-corrected chi connectivity index (χ3v) is 1.91. The molecule has 0 aliphatic heterocycles. The normalized spacial score (nSPS) is 9.57. The van der Waals surface area contributed by atoms with E-state index >= 15 is 0 Å². The topological polar surface area (TPSA) is 90.9 Å². The molecule has 0 saturated heterocycles. The molecule has 0 bridgehead atoms. The van der Waals surface area contributed by atoms with Crippen LogP contribution >= 0.6 is 0 Å². The molecular formula is C9H5N5. The number of nitrogens with two attached hydrogens (primary N) is 1. The molecule has 0 spiro atoms. The van der Waals surface area contributed by atoms with Crippen molar-refractivity contribution in [2.75, 3.05) is 5.73 Å². The van der Waals surface area contributed by atoms with Gasteiger partial charge in [-0.1, -0.05) is 0 Å². The molecule has 0 atom stereocenters. The number of nitrogens with zero attached hydrogens (tertiary/aromatic N) is 4. The van der Waals surface area contributed by atoms with Crippen molar-refractivity contribution in [1.29, 1.82) is 10.5 Å². The molecule has 5 heteroatoms. The fourth-order valence-corrected chi connectivity index (χ4v) is 1.29. The number of nitriles is 2. The van der Waals surface area contributed by atoms with E-state index in [9.17, 15) is 0 Å². The van der Waals surface area contributed by atoms with Crippen molar-refractivity contribution >= 4 is 11.5 Å². The second-order valence-electron chi connectivity index (χ2n) is 2.70. The van der Waals surface area contributed by atoms with Crippen molar-refractivity contribution in [3.05, 3.63) is 29.6 Å². The number of fused-ring (bicyclic) bond motifs is 1. The third kappa shape index (κ3) is 0.900. The van der Waals surface area contributed by atoms with Crippen LogP contribution in [0.25, 0.3) is 5.65 Å². The highest BCUT2D eigenvalue weighted by Gasteiger charge is 2.08. The maximum atomic E-state index is 8.80. The van der Waals surface area contributed by atoms with Gasteiger partial charge in [0.1, 0.15) is 23.7 Å². The molecule has 14 heavy (non-hydrogen) atoms. The SMILES string of the molecule is N#Cc1ccc(C#N)n2c(N)cnc12. The van der Waals surface area contributed by atoms with Crippen molar-refractivity contribution in [1.82, 2.24) is 9.38 Å². The largest absolute Gasteiger partial charge is 0.383 e. The highest BCUT2D eigenvalue weighted by molar-refractivity contribution is 5.61. The summed E-state index contributed by atoms with van der Waals surface area (Å²) in [6.45, 7) is 0. The molecule has 2 aromatic rings. The minimum Gasteiger partial charge on any atom is -0.383 e. The maximum absolute atomic E-state index is 8.80. The molecule has 2 aromatic heterocycles. The minimum atomic E-state index is 0.355. The lowest BCUT2D eigenvalue weighted by molar-refractivity contribution is 1.14. The number of nitrogen functional groups attached to an aromatic ring is 1. The molecule has 0 aliphatic carbocycles. The third-order valence-electron chi connectivity index (χ3n) is 1.91. The first-order chi connectivity index (χ1) is 6.77. The van der Waals surface area contributed by atoms with Crippen LogP contribution in [0.15, 0.2) is 18.3 Å². The lowest BCUT2D eigenvalue weighted by atomic mass is 10.2. The van der Waals surface area contributed by atoms with E-state index in [1.807, 2.05) is 12.1 Å². The van der Waals surface area contributed by atoms with Gasteiger partial charge in [-0.15, -0.1) is 0 Å². The molecule has 0 saturated carbocycles. The van der Waals surface area contributed by atoms with Crippen LogP contribution < -0.4 is 5.73 Å². The smallest absolute Gasteiger partial charge is 0.157 e. The Hall–Kier alpha value is -2.53. The zero-order valence-electron chi connectivity index (χ0n) is 7.10. The number of hydrogen-bond acceptors (Lipinski definition) is 4. The first kappa shape index (κ1) is 8.09. The average Bonchev–Trinajstić information content (AvgIpc) is 2.60. The molecule has 2 N–H and O–H groups in total. The van der Waals surface area contributed by atoms with Crippen LogP contribution in [-0.4, -0.2) is 9.38 Å². The number of rotatable bonds is 0. The average molecular weight is 183 g/mol. The minimum absolute atomic E-state index is 0.355. The first-order valence-corrected chi connectivity index (χ1v) is 3.84. The van der Waals surface area contributed by atoms with Crippen molar-refractivity contribution < 1.29 is 0 Å². The Kier molecular flexibility index (Phi) is 1.59. The van der Waals surface area contributed by atoms with E-state index in [2.05, 4.69) is 4.98 Å². The number of anilines is 1. The zero-order valence-corrected chi connectivity index (χ0v) is 7.10. The van der Waals surface area contributed by atoms with Crippen molar-refractivity contribution in [2.24, 2.45) is 0 Å². The summed E-state index contributed by atoms with van der Waals surface area (Å²) in [5, 5.41) is 17.6. The molecular weight excluding hydrogens is 178 g/mol. The second kappa shape index (κ2) is 2.75. The van der Waals surface area contributed by atoms with E-state index in [-0.39, 0.29) is 0 Å². The van der Waals surface area contributed by atoms with Gasteiger partial charge in [-0.2, -0.15) is 10.5 Å². The molecule has 0 aromatic carbocycles. The van der Waals surface area contributed by atoms with Crippen LogP contribution in [0.4, 0.5) is 5.82 Å². The Bertz CT molecular complexity index is 581. The van der Waals surface area contributed by atoms with Gasteiger partial charge < -0.3 is 5.73 Å². The second-order valence-corrected chi connectivity index (χ2v) is 2.70. The Balaban J connectivity index is 2.99. The molecule has 0 unspecified atom stereocenters. The summed E-state index contributed by atoms with van der Waals surface area (Å²) in [5.41, 5.74) is 6.81. The Morgan fingerprint density at radius 1 is 1.29 bits per heavy atom. The molecule has 0 amide bonds. The van der Waals surface area contributed by atoms with Crippen molar-refractivity contribution in [3.63, 3.8) is 0 Å². The summed E-state index contributed by atoms with van der Waals surface area (Å²) < 4.78 is 1.46. The Labute approximate surface area is 79.6 Å². The predicted molar refractivity (Wildman–Crippen MR) is 49.0 cm³/mol. The van der Waals surface area contributed by atoms with Gasteiger partial charge in [-0.25, -0.2) is 4.98 Å². The predicted octanol–water partition coefficient (Wildman–Crippen LogP) is 0.660. The van der Waals surface area contributed by atoms with Crippen LogP contribution in [0.3, 0.4) is 0 Å². The summed E-state index contributed by atoms with van der Waals surface area (Å²) >= 11 is 0. The van der Waals surface area contributed by atoms with Crippen LogP contribution in [0.1, 0.15) is 11.3 Å². The zero-order chi connectivity index (χ0) is 10.1. The molecule has 0 radical (unpaired) electrons. The highest BCUT2D eigenvalue weighted by Crippen LogP contribution is 2.15. The first-order valence-electron chi connectivity index (χ1n) is 3.84. The molecule has 2 heterocycles. The monoisotopic (exact) mass is 183 g/mol. The molecule has 0 fully saturated rings. The van der Waals surface area contributed by atoms with Crippen molar-refractivity contribution in [2.45, 2.75) is 0 Å². The van der Waals surface area contributed by atoms with E-state index in [0.29, 0.717) is 22.7 Å². The maximum Gasteiger partial charge on any atom is 0.157 e. The van der Waals surface area contributed by atoms with Gasteiger partial charge in [0.25, 0.3) is 0 Å². The lowest BCUT2D eigenvalue weighted by Crippen LogP contribution is -1.98. The van der Waals surface area contributed by atoms with Crippen LogP contribution in [-0.2, 0) is 0 Å². The van der Waals surface area contributed by atoms with Gasteiger partial charge in [-0.05, 0) is 12.1 Å². The summed E-state index contributed by atoms with van der Waals surface area (Å²) in [7, 11) is 0. The van der Waals surface area contributed by atoms with E-state index in [0.717, 1.165) is 0 Å². The van der Waals surface area contributed by atoms with E-state index in [1.54, 1.807) is 12.1 Å². The summed E-state index contributed by atoms with van der Waals surface area (Å²) in [6, 6.07) is 7.07. The lowest BCUT2D eigenvalue weighted by Gasteiger charge is -1.99. The summed E-state index contributed by atoms with van der Waals surface area (Å²) in [6.07, 6.45) is 1.43. The van der Waals surface area contributed by atoms with Gasteiger partial charge in [0.05, 0.1) is 11.8 Å². The van der Waals surface area contributed by atoms with Gasteiger partial charge in [0, 0.05) is 0 Å².